The highest BCUT2D eigenvalue weighted by atomic mass is 35.5. The maximum Gasteiger partial charge on any atom is 0.339 e. The molecular weight excluding hydrogens is 354 g/mol. The molecule has 0 radical (unpaired) electrons. The molecule has 0 saturated carbocycles. The number of carbonyl (C=O) groups excluding carboxylic acids is 2. The number of carbonyl (C=O) groups is 2. The van der Waals surface area contributed by atoms with Crippen LogP contribution in [0.5, 0.6) is 5.75 Å². The zero-order valence-corrected chi connectivity index (χ0v) is 15.0. The van der Waals surface area contributed by atoms with Gasteiger partial charge in [-0.3, -0.25) is 4.79 Å². The number of halogens is 1. The molecule has 132 valence electrons. The van der Waals surface area contributed by atoms with Gasteiger partial charge in [0.05, 0.1) is 18.2 Å². The van der Waals surface area contributed by atoms with Crippen LogP contribution in [0.1, 0.15) is 33.2 Å². The topological polar surface area (TPSA) is 65.5 Å². The Labute approximate surface area is 155 Å². The number of ether oxygens (including phenoxy) is 2. The number of benzene rings is 2. The summed E-state index contributed by atoms with van der Waals surface area (Å²) in [4.78, 5) is 28.4. The Bertz CT molecular complexity index is 1000. The molecule has 0 atom stereocenters. The van der Waals surface area contributed by atoms with Gasteiger partial charge in [0.1, 0.15) is 17.5 Å². The van der Waals surface area contributed by atoms with E-state index in [4.69, 9.17) is 21.1 Å². The van der Waals surface area contributed by atoms with E-state index in [9.17, 15) is 9.59 Å². The van der Waals surface area contributed by atoms with Gasteiger partial charge in [0.25, 0.3) is 0 Å². The number of hydrogen-bond donors (Lipinski definition) is 0. The Hall–Kier alpha value is -2.92. The minimum atomic E-state index is -0.527. The molecule has 0 unspecified atom stereocenters. The molecule has 0 bridgehead atoms. The van der Waals surface area contributed by atoms with Crippen LogP contribution in [0.2, 0.25) is 5.15 Å². The van der Waals surface area contributed by atoms with Crippen molar-refractivity contribution < 1.29 is 19.1 Å². The number of rotatable bonds is 5. The van der Waals surface area contributed by atoms with E-state index in [2.05, 4.69) is 4.98 Å². The van der Waals surface area contributed by atoms with Crippen LogP contribution in [0.4, 0.5) is 0 Å². The van der Waals surface area contributed by atoms with Gasteiger partial charge >= 0.3 is 5.97 Å². The van der Waals surface area contributed by atoms with Crippen molar-refractivity contribution in [3.63, 3.8) is 0 Å². The van der Waals surface area contributed by atoms with Gasteiger partial charge in [-0.2, -0.15) is 0 Å². The lowest BCUT2D eigenvalue weighted by atomic mass is 10.1. The van der Waals surface area contributed by atoms with Gasteiger partial charge in [0.15, 0.2) is 5.78 Å². The Balaban J connectivity index is 1.88. The lowest BCUT2D eigenvalue weighted by molar-refractivity contribution is 0.0472. The molecule has 3 rings (SSSR count). The second-order valence-electron chi connectivity index (χ2n) is 5.67. The molecule has 2 aromatic carbocycles. The van der Waals surface area contributed by atoms with Crippen LogP contribution in [0.25, 0.3) is 10.9 Å². The lowest BCUT2D eigenvalue weighted by Gasteiger charge is -2.11. The van der Waals surface area contributed by atoms with Crippen molar-refractivity contribution in [2.45, 2.75) is 13.5 Å². The standard InChI is InChI=1S/C20H16ClNO4/c1-12(23)13-7-8-18(25-2)14(9-13)11-26-20(24)16-10-19(21)22-17-6-4-3-5-15(16)17/h3-10H,11H2,1-2H3. The molecule has 0 fully saturated rings. The number of hydrogen-bond acceptors (Lipinski definition) is 5. The predicted octanol–water partition coefficient (Wildman–Crippen LogP) is 4.46. The second kappa shape index (κ2) is 7.54. The maximum atomic E-state index is 12.6. The van der Waals surface area contributed by atoms with E-state index < -0.39 is 5.97 Å². The smallest absolute Gasteiger partial charge is 0.339 e. The Morgan fingerprint density at radius 3 is 2.62 bits per heavy atom. The first-order chi connectivity index (χ1) is 12.5. The number of methoxy groups -OCH3 is 1. The monoisotopic (exact) mass is 369 g/mol. The van der Waals surface area contributed by atoms with Crippen molar-refractivity contribution in [1.29, 1.82) is 0 Å². The summed E-state index contributed by atoms with van der Waals surface area (Å²) in [7, 11) is 1.52. The number of ketones is 1. The van der Waals surface area contributed by atoms with E-state index in [1.54, 1.807) is 30.3 Å². The number of pyridine rings is 1. The predicted molar refractivity (Wildman–Crippen MR) is 98.9 cm³/mol. The lowest BCUT2D eigenvalue weighted by Crippen LogP contribution is -2.08. The molecule has 1 aromatic heterocycles. The quantitative estimate of drug-likeness (QED) is 0.377. The van der Waals surface area contributed by atoms with Crippen LogP contribution in [0.3, 0.4) is 0 Å². The van der Waals surface area contributed by atoms with Crippen molar-refractivity contribution in [2.24, 2.45) is 0 Å². The SMILES string of the molecule is COc1ccc(C(C)=O)cc1COC(=O)c1cc(Cl)nc2ccccc12. The first-order valence-corrected chi connectivity index (χ1v) is 8.27. The number of Topliss-reactive ketones (excluding diaryl/α,β-unsaturated/α-hetero) is 1. The van der Waals surface area contributed by atoms with Gasteiger partial charge in [-0.15, -0.1) is 0 Å². The third-order valence-corrected chi connectivity index (χ3v) is 4.14. The van der Waals surface area contributed by atoms with Crippen molar-refractivity contribution in [3.05, 3.63) is 70.4 Å². The summed E-state index contributed by atoms with van der Waals surface area (Å²) >= 11 is 6.01. The molecule has 0 amide bonds. The third-order valence-electron chi connectivity index (χ3n) is 3.95. The summed E-state index contributed by atoms with van der Waals surface area (Å²) in [5.74, 6) is -0.0617. The number of esters is 1. The fourth-order valence-electron chi connectivity index (χ4n) is 2.64. The fraction of sp³-hybridized carbons (Fsp3) is 0.150. The van der Waals surface area contributed by atoms with Gasteiger partial charge < -0.3 is 9.47 Å². The molecule has 5 nitrogen and oxygen atoms in total. The molecule has 6 heteroatoms. The summed E-state index contributed by atoms with van der Waals surface area (Å²) < 4.78 is 10.7. The van der Waals surface area contributed by atoms with E-state index >= 15 is 0 Å². The summed E-state index contributed by atoms with van der Waals surface area (Å²) in [6, 6.07) is 13.7. The average molecular weight is 370 g/mol. The van der Waals surface area contributed by atoms with Crippen molar-refractivity contribution in [2.75, 3.05) is 7.11 Å². The van der Waals surface area contributed by atoms with Crippen LogP contribution >= 0.6 is 11.6 Å². The summed E-state index contributed by atoms with van der Waals surface area (Å²) in [6.07, 6.45) is 0. The van der Waals surface area contributed by atoms with Crippen LogP contribution in [-0.2, 0) is 11.3 Å². The summed E-state index contributed by atoms with van der Waals surface area (Å²) in [5, 5.41) is 0.873. The number of aromatic nitrogens is 1. The molecule has 0 saturated heterocycles. The van der Waals surface area contributed by atoms with Gasteiger partial charge in [-0.25, -0.2) is 9.78 Å². The highest BCUT2D eigenvalue weighted by Crippen LogP contribution is 2.24. The molecular formula is C20H16ClNO4. The normalized spacial score (nSPS) is 10.6. The molecule has 1 heterocycles. The Morgan fingerprint density at radius 2 is 1.88 bits per heavy atom. The molecule has 0 aliphatic heterocycles. The zero-order valence-electron chi connectivity index (χ0n) is 14.3. The first-order valence-electron chi connectivity index (χ1n) is 7.90. The summed E-state index contributed by atoms with van der Waals surface area (Å²) in [5.41, 5.74) is 2.08. The highest BCUT2D eigenvalue weighted by Gasteiger charge is 2.15. The van der Waals surface area contributed by atoms with Gasteiger partial charge in [-0.1, -0.05) is 29.8 Å². The number of para-hydroxylation sites is 1. The largest absolute Gasteiger partial charge is 0.496 e. The van der Waals surface area contributed by atoms with Crippen molar-refractivity contribution in [1.82, 2.24) is 4.98 Å². The molecule has 3 aromatic rings. The van der Waals surface area contributed by atoms with Crippen LogP contribution in [0, 0.1) is 0 Å². The zero-order chi connectivity index (χ0) is 18.7. The fourth-order valence-corrected chi connectivity index (χ4v) is 2.84. The molecule has 0 spiro atoms. The average Bonchev–Trinajstić information content (AvgIpc) is 2.64. The summed E-state index contributed by atoms with van der Waals surface area (Å²) in [6.45, 7) is 1.44. The van der Waals surface area contributed by atoms with E-state index in [1.165, 1.54) is 20.1 Å². The Morgan fingerprint density at radius 1 is 1.12 bits per heavy atom. The maximum absolute atomic E-state index is 12.6. The molecule has 0 aliphatic carbocycles. The van der Waals surface area contributed by atoms with Gasteiger partial charge in [0.2, 0.25) is 0 Å². The highest BCUT2D eigenvalue weighted by molar-refractivity contribution is 6.30. The third kappa shape index (κ3) is 3.68. The molecule has 26 heavy (non-hydrogen) atoms. The van der Waals surface area contributed by atoms with Crippen LogP contribution < -0.4 is 4.74 Å². The number of nitrogens with zero attached hydrogens (tertiary/aromatic N) is 1. The Kier molecular flexibility index (Phi) is 5.19. The minimum Gasteiger partial charge on any atom is -0.496 e. The molecule has 0 aliphatic rings. The van der Waals surface area contributed by atoms with Crippen molar-refractivity contribution >= 4 is 34.3 Å². The van der Waals surface area contributed by atoms with Gasteiger partial charge in [0, 0.05) is 16.5 Å². The molecule has 0 N–H and O–H groups in total. The van der Waals surface area contributed by atoms with E-state index in [1.807, 2.05) is 12.1 Å². The second-order valence-corrected chi connectivity index (χ2v) is 6.06. The van der Waals surface area contributed by atoms with E-state index in [0.717, 1.165) is 0 Å². The minimum absolute atomic E-state index is 0.0304. The van der Waals surface area contributed by atoms with Crippen LogP contribution in [0.15, 0.2) is 48.5 Å². The van der Waals surface area contributed by atoms with Crippen molar-refractivity contribution in [3.8, 4) is 5.75 Å². The number of fused-ring (bicyclic) bond motifs is 1. The first kappa shape index (κ1) is 17.9. The van der Waals surface area contributed by atoms with E-state index in [-0.39, 0.29) is 17.5 Å². The van der Waals surface area contributed by atoms with Crippen LogP contribution in [-0.4, -0.2) is 23.8 Å². The van der Waals surface area contributed by atoms with Gasteiger partial charge in [-0.05, 0) is 37.3 Å². The van der Waals surface area contributed by atoms with E-state index in [0.29, 0.717) is 33.3 Å².